The molecule has 0 bridgehead atoms. The Hall–Kier alpha value is -2.17. The zero-order valence-electron chi connectivity index (χ0n) is 12.0. The van der Waals surface area contributed by atoms with Gasteiger partial charge in [-0.2, -0.15) is 0 Å². The van der Waals surface area contributed by atoms with Crippen LogP contribution >= 0.6 is 0 Å². The molecular formula is C17H20N2O2. The predicted octanol–water partition coefficient (Wildman–Crippen LogP) is 1.92. The van der Waals surface area contributed by atoms with Gasteiger partial charge in [0.2, 0.25) is 5.91 Å². The van der Waals surface area contributed by atoms with E-state index in [2.05, 4.69) is 5.32 Å². The summed E-state index contributed by atoms with van der Waals surface area (Å²) in [6.45, 7) is 2.59. The van der Waals surface area contributed by atoms with Crippen molar-refractivity contribution in [3.63, 3.8) is 0 Å². The van der Waals surface area contributed by atoms with Crippen LogP contribution in [0.1, 0.15) is 33.1 Å². The van der Waals surface area contributed by atoms with Crippen LogP contribution < -0.4 is 11.1 Å². The van der Waals surface area contributed by atoms with E-state index in [1.165, 1.54) is 0 Å². The third-order valence-electron chi connectivity index (χ3n) is 3.55. The van der Waals surface area contributed by atoms with Crippen molar-refractivity contribution in [3.05, 3.63) is 70.8 Å². The molecule has 4 heteroatoms. The zero-order chi connectivity index (χ0) is 15.2. The van der Waals surface area contributed by atoms with E-state index < -0.39 is 5.91 Å². The van der Waals surface area contributed by atoms with Crippen molar-refractivity contribution in [1.82, 2.24) is 5.32 Å². The highest BCUT2D eigenvalue weighted by Crippen LogP contribution is 2.15. The van der Waals surface area contributed by atoms with Crippen LogP contribution in [0.2, 0.25) is 0 Å². The minimum absolute atomic E-state index is 0.0302. The van der Waals surface area contributed by atoms with Gasteiger partial charge in [0.25, 0.3) is 0 Å². The minimum Gasteiger partial charge on any atom is -0.394 e. The Morgan fingerprint density at radius 3 is 2.52 bits per heavy atom. The summed E-state index contributed by atoms with van der Waals surface area (Å²) in [5, 5.41) is 12.8. The average Bonchev–Trinajstić information content (AvgIpc) is 2.50. The van der Waals surface area contributed by atoms with Gasteiger partial charge in [-0.15, -0.1) is 0 Å². The summed E-state index contributed by atoms with van der Waals surface area (Å²) in [5.74, 6) is -0.421. The molecule has 0 aromatic heterocycles. The first-order valence-corrected chi connectivity index (χ1v) is 6.90. The maximum Gasteiger partial charge on any atom is 0.248 e. The Labute approximate surface area is 124 Å². The first kappa shape index (κ1) is 15.2. The second-order valence-corrected chi connectivity index (χ2v) is 5.03. The van der Waals surface area contributed by atoms with Gasteiger partial charge in [-0.3, -0.25) is 4.79 Å². The van der Waals surface area contributed by atoms with Crippen molar-refractivity contribution in [2.24, 2.45) is 5.73 Å². The number of rotatable bonds is 6. The summed E-state index contributed by atoms with van der Waals surface area (Å²) in [6.07, 6.45) is 0. The third kappa shape index (κ3) is 3.90. The van der Waals surface area contributed by atoms with E-state index in [9.17, 15) is 9.90 Å². The first-order valence-electron chi connectivity index (χ1n) is 6.90. The Kier molecular flexibility index (Phi) is 5.09. The van der Waals surface area contributed by atoms with E-state index in [-0.39, 0.29) is 12.6 Å². The Morgan fingerprint density at radius 1 is 1.24 bits per heavy atom. The van der Waals surface area contributed by atoms with Crippen LogP contribution in [0.5, 0.6) is 0 Å². The monoisotopic (exact) mass is 284 g/mol. The van der Waals surface area contributed by atoms with Gasteiger partial charge in [0.1, 0.15) is 0 Å². The largest absolute Gasteiger partial charge is 0.394 e. The lowest BCUT2D eigenvalue weighted by Crippen LogP contribution is -2.24. The highest BCUT2D eigenvalue weighted by molar-refractivity contribution is 5.93. The number of aryl methyl sites for hydroxylation is 1. The molecule has 1 unspecified atom stereocenters. The number of nitrogens with one attached hydrogen (secondary N) is 1. The van der Waals surface area contributed by atoms with E-state index >= 15 is 0 Å². The van der Waals surface area contributed by atoms with Crippen LogP contribution in [-0.4, -0.2) is 17.6 Å². The first-order chi connectivity index (χ1) is 10.1. The molecule has 0 radical (unpaired) electrons. The number of hydrogen-bond donors (Lipinski definition) is 3. The SMILES string of the molecule is Cc1cc(C(N)=O)ccc1CNC(CO)c1ccccc1. The van der Waals surface area contributed by atoms with Gasteiger partial charge in [0, 0.05) is 12.1 Å². The van der Waals surface area contributed by atoms with Crippen molar-refractivity contribution in [2.45, 2.75) is 19.5 Å². The number of aliphatic hydroxyl groups is 1. The maximum atomic E-state index is 11.1. The van der Waals surface area contributed by atoms with E-state index in [1.807, 2.05) is 43.3 Å². The number of hydrogen-bond acceptors (Lipinski definition) is 3. The molecule has 0 aliphatic rings. The fraction of sp³-hybridized carbons (Fsp3) is 0.235. The lowest BCUT2D eigenvalue weighted by molar-refractivity contribution is 0.1000. The Morgan fingerprint density at radius 2 is 1.95 bits per heavy atom. The molecule has 21 heavy (non-hydrogen) atoms. The molecule has 4 N–H and O–H groups in total. The van der Waals surface area contributed by atoms with Crippen LogP contribution in [0.25, 0.3) is 0 Å². The summed E-state index contributed by atoms with van der Waals surface area (Å²) in [4.78, 5) is 11.1. The highest BCUT2D eigenvalue weighted by atomic mass is 16.3. The Bertz CT molecular complexity index is 611. The van der Waals surface area contributed by atoms with Crippen molar-refractivity contribution < 1.29 is 9.90 Å². The molecule has 1 atom stereocenters. The molecule has 0 saturated carbocycles. The fourth-order valence-corrected chi connectivity index (χ4v) is 2.25. The fourth-order valence-electron chi connectivity index (χ4n) is 2.25. The second kappa shape index (κ2) is 7.02. The molecule has 0 aliphatic carbocycles. The normalized spacial score (nSPS) is 12.1. The zero-order valence-corrected chi connectivity index (χ0v) is 12.0. The van der Waals surface area contributed by atoms with Crippen molar-refractivity contribution >= 4 is 5.91 Å². The van der Waals surface area contributed by atoms with E-state index in [4.69, 9.17) is 5.73 Å². The molecule has 0 spiro atoms. The van der Waals surface area contributed by atoms with Gasteiger partial charge in [-0.25, -0.2) is 0 Å². The third-order valence-corrected chi connectivity index (χ3v) is 3.55. The number of nitrogens with two attached hydrogens (primary N) is 1. The van der Waals surface area contributed by atoms with Gasteiger partial charge in [-0.1, -0.05) is 36.4 Å². The van der Waals surface area contributed by atoms with Gasteiger partial charge in [-0.05, 0) is 35.7 Å². The number of amides is 1. The minimum atomic E-state index is -0.421. The van der Waals surface area contributed by atoms with Gasteiger partial charge < -0.3 is 16.2 Å². The standard InChI is InChI=1S/C17H20N2O2/c1-12-9-14(17(18)21)7-8-15(12)10-19-16(11-20)13-5-3-2-4-6-13/h2-9,16,19-20H,10-11H2,1H3,(H2,18,21). The molecule has 1 amide bonds. The summed E-state index contributed by atoms with van der Waals surface area (Å²) in [5.41, 5.74) is 8.91. The highest BCUT2D eigenvalue weighted by Gasteiger charge is 2.10. The molecule has 0 saturated heterocycles. The van der Waals surface area contributed by atoms with E-state index in [0.717, 1.165) is 16.7 Å². The summed E-state index contributed by atoms with van der Waals surface area (Å²) in [7, 11) is 0. The molecule has 0 heterocycles. The summed E-state index contributed by atoms with van der Waals surface area (Å²) >= 11 is 0. The lowest BCUT2D eigenvalue weighted by atomic mass is 10.0. The quantitative estimate of drug-likeness (QED) is 0.758. The smallest absolute Gasteiger partial charge is 0.248 e. The molecule has 4 nitrogen and oxygen atoms in total. The number of primary amides is 1. The number of carbonyl (C=O) groups excluding carboxylic acids is 1. The van der Waals surface area contributed by atoms with Gasteiger partial charge in [0.15, 0.2) is 0 Å². The van der Waals surface area contributed by atoms with Crippen LogP contribution in [0, 0.1) is 6.92 Å². The number of carbonyl (C=O) groups is 1. The van der Waals surface area contributed by atoms with Crippen LogP contribution in [0.15, 0.2) is 48.5 Å². The van der Waals surface area contributed by atoms with Crippen LogP contribution in [0.4, 0.5) is 0 Å². The number of aliphatic hydroxyl groups excluding tert-OH is 1. The molecule has 2 aromatic carbocycles. The second-order valence-electron chi connectivity index (χ2n) is 5.03. The van der Waals surface area contributed by atoms with Gasteiger partial charge in [0.05, 0.1) is 12.6 Å². The molecule has 110 valence electrons. The van der Waals surface area contributed by atoms with Gasteiger partial charge >= 0.3 is 0 Å². The van der Waals surface area contributed by atoms with E-state index in [0.29, 0.717) is 12.1 Å². The predicted molar refractivity (Wildman–Crippen MR) is 82.8 cm³/mol. The van der Waals surface area contributed by atoms with Crippen LogP contribution in [0.3, 0.4) is 0 Å². The molecule has 2 rings (SSSR count). The lowest BCUT2D eigenvalue weighted by Gasteiger charge is -2.17. The molecule has 2 aromatic rings. The molecule has 0 fully saturated rings. The molecular weight excluding hydrogens is 264 g/mol. The van der Waals surface area contributed by atoms with E-state index in [1.54, 1.807) is 12.1 Å². The topological polar surface area (TPSA) is 75.4 Å². The average molecular weight is 284 g/mol. The van der Waals surface area contributed by atoms with Crippen molar-refractivity contribution in [3.8, 4) is 0 Å². The summed E-state index contributed by atoms with van der Waals surface area (Å²) in [6, 6.07) is 15.1. The maximum absolute atomic E-state index is 11.1. The number of benzene rings is 2. The van der Waals surface area contributed by atoms with Crippen LogP contribution in [-0.2, 0) is 6.54 Å². The summed E-state index contributed by atoms with van der Waals surface area (Å²) < 4.78 is 0. The van der Waals surface area contributed by atoms with Crippen molar-refractivity contribution in [2.75, 3.05) is 6.61 Å². The molecule has 0 aliphatic heterocycles. The van der Waals surface area contributed by atoms with Crippen molar-refractivity contribution in [1.29, 1.82) is 0 Å². The Balaban J connectivity index is 2.07.